The fourth-order valence-electron chi connectivity index (χ4n) is 1.96. The SMILES string of the molecule is COc1cccc(OC)c1C(=O)c1c(F)cc(F)cc1F. The zero-order valence-corrected chi connectivity index (χ0v) is 11.2. The Balaban J connectivity index is 2.66. The fraction of sp³-hybridized carbons (Fsp3) is 0.133. The van der Waals surface area contributed by atoms with Crippen molar-refractivity contribution in [3.05, 3.63) is 58.9 Å². The van der Waals surface area contributed by atoms with Gasteiger partial charge in [-0.1, -0.05) is 6.07 Å². The Morgan fingerprint density at radius 3 is 1.81 bits per heavy atom. The quantitative estimate of drug-likeness (QED) is 0.812. The lowest BCUT2D eigenvalue weighted by Crippen LogP contribution is -2.11. The largest absolute Gasteiger partial charge is 0.496 e. The van der Waals surface area contributed by atoms with Gasteiger partial charge in [-0.2, -0.15) is 0 Å². The van der Waals surface area contributed by atoms with E-state index in [0.29, 0.717) is 12.1 Å². The molecule has 0 aliphatic carbocycles. The molecule has 0 saturated carbocycles. The lowest BCUT2D eigenvalue weighted by atomic mass is 10.00. The molecule has 110 valence electrons. The number of hydrogen-bond acceptors (Lipinski definition) is 3. The molecule has 0 amide bonds. The van der Waals surface area contributed by atoms with E-state index in [4.69, 9.17) is 9.47 Å². The highest BCUT2D eigenvalue weighted by molar-refractivity contribution is 6.12. The molecule has 0 aliphatic rings. The Hall–Kier alpha value is -2.50. The van der Waals surface area contributed by atoms with Gasteiger partial charge in [-0.3, -0.25) is 4.79 Å². The van der Waals surface area contributed by atoms with Crippen LogP contribution in [0.3, 0.4) is 0 Å². The molecule has 0 aromatic heterocycles. The zero-order chi connectivity index (χ0) is 15.6. The molecular formula is C15H11F3O3. The Morgan fingerprint density at radius 1 is 0.905 bits per heavy atom. The summed E-state index contributed by atoms with van der Waals surface area (Å²) in [4.78, 5) is 12.4. The third-order valence-electron chi connectivity index (χ3n) is 2.89. The number of halogens is 3. The molecule has 0 unspecified atom stereocenters. The van der Waals surface area contributed by atoms with E-state index in [9.17, 15) is 18.0 Å². The van der Waals surface area contributed by atoms with Gasteiger partial charge in [0.1, 0.15) is 34.5 Å². The number of ether oxygens (including phenoxy) is 2. The van der Waals surface area contributed by atoms with E-state index < -0.39 is 28.8 Å². The summed E-state index contributed by atoms with van der Waals surface area (Å²) in [6.45, 7) is 0. The third kappa shape index (κ3) is 2.69. The summed E-state index contributed by atoms with van der Waals surface area (Å²) < 4.78 is 50.4. The molecule has 0 saturated heterocycles. The minimum Gasteiger partial charge on any atom is -0.496 e. The number of carbonyl (C=O) groups is 1. The Labute approximate surface area is 118 Å². The van der Waals surface area contributed by atoms with E-state index >= 15 is 0 Å². The second-order valence-corrected chi connectivity index (χ2v) is 4.11. The van der Waals surface area contributed by atoms with Gasteiger partial charge in [0.2, 0.25) is 5.78 Å². The minimum absolute atomic E-state index is 0.0995. The summed E-state index contributed by atoms with van der Waals surface area (Å²) in [7, 11) is 2.62. The van der Waals surface area contributed by atoms with Gasteiger partial charge in [0, 0.05) is 12.1 Å². The van der Waals surface area contributed by atoms with Gasteiger partial charge >= 0.3 is 0 Å². The van der Waals surface area contributed by atoms with Crippen LogP contribution in [0.4, 0.5) is 13.2 Å². The van der Waals surface area contributed by atoms with Gasteiger partial charge in [0.25, 0.3) is 0 Å². The molecular weight excluding hydrogens is 285 g/mol. The van der Waals surface area contributed by atoms with Crippen molar-refractivity contribution in [1.29, 1.82) is 0 Å². The summed E-state index contributed by atoms with van der Waals surface area (Å²) in [6.07, 6.45) is 0. The standard InChI is InChI=1S/C15H11F3O3/c1-20-11-4-3-5-12(21-2)14(11)15(19)13-9(17)6-8(16)7-10(13)18/h3-7H,1-2H3. The summed E-state index contributed by atoms with van der Waals surface area (Å²) in [6, 6.07) is 5.35. The van der Waals surface area contributed by atoms with Crippen LogP contribution in [0.25, 0.3) is 0 Å². The van der Waals surface area contributed by atoms with Crippen LogP contribution in [-0.2, 0) is 0 Å². The normalized spacial score (nSPS) is 10.3. The van der Waals surface area contributed by atoms with E-state index in [1.807, 2.05) is 0 Å². The molecule has 0 N–H and O–H groups in total. The monoisotopic (exact) mass is 296 g/mol. The second-order valence-electron chi connectivity index (χ2n) is 4.11. The lowest BCUT2D eigenvalue weighted by Gasteiger charge is -2.12. The van der Waals surface area contributed by atoms with Crippen molar-refractivity contribution in [2.24, 2.45) is 0 Å². The summed E-state index contributed by atoms with van der Waals surface area (Å²) >= 11 is 0. The molecule has 0 aliphatic heterocycles. The number of hydrogen-bond donors (Lipinski definition) is 0. The highest BCUT2D eigenvalue weighted by atomic mass is 19.1. The Morgan fingerprint density at radius 2 is 1.38 bits per heavy atom. The molecule has 2 aromatic carbocycles. The molecule has 0 radical (unpaired) electrons. The number of rotatable bonds is 4. The highest BCUT2D eigenvalue weighted by Gasteiger charge is 2.26. The third-order valence-corrected chi connectivity index (χ3v) is 2.89. The van der Waals surface area contributed by atoms with Crippen LogP contribution in [0.5, 0.6) is 11.5 Å². The van der Waals surface area contributed by atoms with Crippen molar-refractivity contribution in [1.82, 2.24) is 0 Å². The number of methoxy groups -OCH3 is 2. The van der Waals surface area contributed by atoms with Crippen molar-refractivity contribution in [2.75, 3.05) is 14.2 Å². The molecule has 6 heteroatoms. The predicted octanol–water partition coefficient (Wildman–Crippen LogP) is 3.35. The van der Waals surface area contributed by atoms with E-state index in [1.165, 1.54) is 26.4 Å². The topological polar surface area (TPSA) is 35.5 Å². The number of benzene rings is 2. The molecule has 2 aromatic rings. The Bertz CT molecular complexity index is 653. The van der Waals surface area contributed by atoms with Gasteiger partial charge < -0.3 is 9.47 Å². The maximum Gasteiger partial charge on any atom is 0.206 e. The van der Waals surface area contributed by atoms with E-state index in [2.05, 4.69) is 0 Å². The van der Waals surface area contributed by atoms with Crippen LogP contribution in [0.15, 0.2) is 30.3 Å². The maximum absolute atomic E-state index is 13.7. The molecule has 0 bridgehead atoms. The van der Waals surface area contributed by atoms with Crippen LogP contribution in [-0.4, -0.2) is 20.0 Å². The number of carbonyl (C=O) groups excluding carboxylic acids is 1. The molecule has 0 fully saturated rings. The van der Waals surface area contributed by atoms with Gasteiger partial charge in [-0.05, 0) is 12.1 Å². The van der Waals surface area contributed by atoms with Crippen molar-refractivity contribution in [3.63, 3.8) is 0 Å². The maximum atomic E-state index is 13.7. The van der Waals surface area contributed by atoms with Crippen molar-refractivity contribution < 1.29 is 27.4 Å². The molecule has 0 heterocycles. The zero-order valence-electron chi connectivity index (χ0n) is 11.2. The highest BCUT2D eigenvalue weighted by Crippen LogP contribution is 2.32. The molecule has 0 spiro atoms. The van der Waals surface area contributed by atoms with Gasteiger partial charge in [-0.25, -0.2) is 13.2 Å². The van der Waals surface area contributed by atoms with Gasteiger partial charge in [0.15, 0.2) is 0 Å². The first kappa shape index (κ1) is 14.9. The van der Waals surface area contributed by atoms with Crippen LogP contribution in [0.1, 0.15) is 15.9 Å². The van der Waals surface area contributed by atoms with E-state index in [0.717, 1.165) is 0 Å². The van der Waals surface area contributed by atoms with Crippen molar-refractivity contribution >= 4 is 5.78 Å². The van der Waals surface area contributed by atoms with Gasteiger partial charge in [-0.15, -0.1) is 0 Å². The average molecular weight is 296 g/mol. The fourth-order valence-corrected chi connectivity index (χ4v) is 1.96. The van der Waals surface area contributed by atoms with Gasteiger partial charge in [0.05, 0.1) is 19.8 Å². The summed E-state index contributed by atoms with van der Waals surface area (Å²) in [5.41, 5.74) is -0.994. The predicted molar refractivity (Wildman–Crippen MR) is 69.3 cm³/mol. The van der Waals surface area contributed by atoms with Crippen molar-refractivity contribution in [3.8, 4) is 11.5 Å². The smallest absolute Gasteiger partial charge is 0.206 e. The molecule has 21 heavy (non-hydrogen) atoms. The van der Waals surface area contributed by atoms with Crippen LogP contribution in [0, 0.1) is 17.5 Å². The first-order chi connectivity index (χ1) is 9.99. The van der Waals surface area contributed by atoms with Crippen molar-refractivity contribution in [2.45, 2.75) is 0 Å². The average Bonchev–Trinajstić information content (AvgIpc) is 2.44. The molecule has 3 nitrogen and oxygen atoms in total. The van der Waals surface area contributed by atoms with E-state index in [-0.39, 0.29) is 17.1 Å². The van der Waals surface area contributed by atoms with Crippen LogP contribution < -0.4 is 9.47 Å². The minimum atomic E-state index is -1.29. The lowest BCUT2D eigenvalue weighted by molar-refractivity contribution is 0.102. The first-order valence-electron chi connectivity index (χ1n) is 5.89. The second kappa shape index (κ2) is 5.87. The Kier molecular flexibility index (Phi) is 4.16. The van der Waals surface area contributed by atoms with E-state index in [1.54, 1.807) is 6.07 Å². The summed E-state index contributed by atoms with van der Waals surface area (Å²) in [5.74, 6) is -4.46. The number of ketones is 1. The summed E-state index contributed by atoms with van der Waals surface area (Å²) in [5, 5.41) is 0. The molecule has 2 rings (SSSR count). The molecule has 0 atom stereocenters. The van der Waals surface area contributed by atoms with Crippen LogP contribution in [0.2, 0.25) is 0 Å². The van der Waals surface area contributed by atoms with Crippen LogP contribution >= 0.6 is 0 Å². The first-order valence-corrected chi connectivity index (χ1v) is 5.89.